The normalized spacial score (nSPS) is 16.9. The number of hydrogen-bond donors (Lipinski definition) is 1. The average molecular weight is 269 g/mol. The molecule has 2 heterocycles. The van der Waals surface area contributed by atoms with Gasteiger partial charge in [0.1, 0.15) is 12.4 Å². The Labute approximate surface area is 119 Å². The Balaban J connectivity index is 1.86. The third-order valence-corrected chi connectivity index (χ3v) is 3.72. The van der Waals surface area contributed by atoms with Crippen LogP contribution in [-0.2, 0) is 6.54 Å². The zero-order valence-corrected chi connectivity index (χ0v) is 11.4. The van der Waals surface area contributed by atoms with Gasteiger partial charge >= 0.3 is 0 Å². The van der Waals surface area contributed by atoms with Crippen molar-refractivity contribution in [2.45, 2.75) is 12.6 Å². The van der Waals surface area contributed by atoms with Gasteiger partial charge in [-0.1, -0.05) is 24.3 Å². The van der Waals surface area contributed by atoms with Gasteiger partial charge in [0, 0.05) is 43.6 Å². The first kappa shape index (κ1) is 13.1. The van der Waals surface area contributed by atoms with Crippen molar-refractivity contribution in [1.29, 1.82) is 0 Å². The molecule has 1 atom stereocenters. The summed E-state index contributed by atoms with van der Waals surface area (Å²) >= 11 is 0. The van der Waals surface area contributed by atoms with Crippen molar-refractivity contribution in [1.82, 2.24) is 9.88 Å². The molecule has 3 rings (SSSR count). The van der Waals surface area contributed by atoms with E-state index >= 15 is 0 Å². The average Bonchev–Trinajstić information content (AvgIpc) is 2.71. The smallest absolute Gasteiger partial charge is 0.123 e. The van der Waals surface area contributed by atoms with Gasteiger partial charge < -0.3 is 10.5 Å². The number of pyridine rings is 1. The molecular formula is C16H19N3O. The minimum absolute atomic E-state index is 0.179. The van der Waals surface area contributed by atoms with Crippen LogP contribution in [0, 0.1) is 0 Å². The molecule has 1 aliphatic rings. The highest BCUT2D eigenvalue weighted by Gasteiger charge is 2.23. The second-order valence-corrected chi connectivity index (χ2v) is 4.96. The number of nitrogens with two attached hydrogens (primary N) is 1. The van der Waals surface area contributed by atoms with Gasteiger partial charge in [0.25, 0.3) is 0 Å². The third-order valence-electron chi connectivity index (χ3n) is 3.72. The zero-order chi connectivity index (χ0) is 13.8. The van der Waals surface area contributed by atoms with Crippen molar-refractivity contribution >= 4 is 0 Å². The molecule has 1 aromatic heterocycles. The fourth-order valence-corrected chi connectivity index (χ4v) is 2.68. The van der Waals surface area contributed by atoms with Gasteiger partial charge in [-0.2, -0.15) is 0 Å². The summed E-state index contributed by atoms with van der Waals surface area (Å²) in [4.78, 5) is 6.57. The van der Waals surface area contributed by atoms with Crippen molar-refractivity contribution in [3.63, 3.8) is 0 Å². The lowest BCUT2D eigenvalue weighted by molar-refractivity contribution is 0.172. The SMILES string of the molecule is NCC(c1cccnc1)N1CCOc2ccccc2C1. The second-order valence-electron chi connectivity index (χ2n) is 4.96. The van der Waals surface area contributed by atoms with Crippen molar-refractivity contribution in [2.24, 2.45) is 5.73 Å². The van der Waals surface area contributed by atoms with Crippen molar-refractivity contribution < 1.29 is 4.74 Å². The van der Waals surface area contributed by atoms with Gasteiger partial charge in [-0.3, -0.25) is 9.88 Å². The van der Waals surface area contributed by atoms with Gasteiger partial charge in [0.2, 0.25) is 0 Å². The Morgan fingerprint density at radius 3 is 2.95 bits per heavy atom. The Bertz CT molecular complexity index is 559. The summed E-state index contributed by atoms with van der Waals surface area (Å²) < 4.78 is 5.81. The summed E-state index contributed by atoms with van der Waals surface area (Å²) in [6.07, 6.45) is 3.69. The van der Waals surface area contributed by atoms with E-state index in [1.165, 1.54) is 5.56 Å². The number of aromatic nitrogens is 1. The molecule has 2 aromatic rings. The molecule has 0 saturated carbocycles. The van der Waals surface area contributed by atoms with E-state index in [0.29, 0.717) is 13.2 Å². The maximum atomic E-state index is 6.00. The van der Waals surface area contributed by atoms with Gasteiger partial charge in [0.15, 0.2) is 0 Å². The van der Waals surface area contributed by atoms with E-state index in [2.05, 4.69) is 22.0 Å². The lowest BCUT2D eigenvalue weighted by Crippen LogP contribution is -2.35. The monoisotopic (exact) mass is 269 g/mol. The number of para-hydroxylation sites is 1. The number of rotatable bonds is 3. The summed E-state index contributed by atoms with van der Waals surface area (Å²) in [5.41, 5.74) is 8.37. The molecule has 0 aliphatic carbocycles. The van der Waals surface area contributed by atoms with Crippen LogP contribution in [0.4, 0.5) is 0 Å². The van der Waals surface area contributed by atoms with E-state index in [9.17, 15) is 0 Å². The first-order chi connectivity index (χ1) is 9.88. The van der Waals surface area contributed by atoms with Crippen molar-refractivity contribution in [3.05, 3.63) is 59.9 Å². The third kappa shape index (κ3) is 2.66. The molecule has 2 N–H and O–H groups in total. The van der Waals surface area contributed by atoms with Crippen LogP contribution in [0.1, 0.15) is 17.2 Å². The topological polar surface area (TPSA) is 51.4 Å². The van der Waals surface area contributed by atoms with Crippen LogP contribution in [0.25, 0.3) is 0 Å². The van der Waals surface area contributed by atoms with Crippen LogP contribution in [0.3, 0.4) is 0 Å². The van der Waals surface area contributed by atoms with Crippen LogP contribution in [0.15, 0.2) is 48.8 Å². The highest BCUT2D eigenvalue weighted by Crippen LogP contribution is 2.27. The van der Waals surface area contributed by atoms with E-state index < -0.39 is 0 Å². The van der Waals surface area contributed by atoms with Gasteiger partial charge in [-0.15, -0.1) is 0 Å². The molecule has 1 aromatic carbocycles. The van der Waals surface area contributed by atoms with E-state index in [-0.39, 0.29) is 6.04 Å². The number of nitrogens with zero attached hydrogens (tertiary/aromatic N) is 2. The van der Waals surface area contributed by atoms with Crippen LogP contribution in [-0.4, -0.2) is 29.6 Å². The summed E-state index contributed by atoms with van der Waals surface area (Å²) in [5.74, 6) is 0.983. The van der Waals surface area contributed by atoms with Crippen LogP contribution in [0.5, 0.6) is 5.75 Å². The molecule has 0 bridgehead atoms. The van der Waals surface area contributed by atoms with Crippen molar-refractivity contribution in [2.75, 3.05) is 19.7 Å². The summed E-state index contributed by atoms with van der Waals surface area (Å²) in [6, 6.07) is 12.4. The maximum Gasteiger partial charge on any atom is 0.123 e. The molecule has 4 heteroatoms. The Morgan fingerprint density at radius 1 is 1.25 bits per heavy atom. The lowest BCUT2D eigenvalue weighted by atomic mass is 10.1. The van der Waals surface area contributed by atoms with E-state index in [4.69, 9.17) is 10.5 Å². The molecule has 20 heavy (non-hydrogen) atoms. The van der Waals surface area contributed by atoms with Gasteiger partial charge in [-0.05, 0) is 17.7 Å². The van der Waals surface area contributed by atoms with Crippen LogP contribution >= 0.6 is 0 Å². The highest BCUT2D eigenvalue weighted by molar-refractivity contribution is 5.34. The number of fused-ring (bicyclic) bond motifs is 1. The van der Waals surface area contributed by atoms with E-state index in [1.54, 1.807) is 6.20 Å². The molecule has 0 amide bonds. The lowest BCUT2D eigenvalue weighted by Gasteiger charge is -2.29. The second kappa shape index (κ2) is 6.03. The fourth-order valence-electron chi connectivity index (χ4n) is 2.68. The molecule has 0 spiro atoms. The summed E-state index contributed by atoms with van der Waals surface area (Å²) in [5, 5.41) is 0. The predicted octanol–water partition coefficient (Wildman–Crippen LogP) is 1.98. The quantitative estimate of drug-likeness (QED) is 0.925. The first-order valence-corrected chi connectivity index (χ1v) is 6.93. The predicted molar refractivity (Wildman–Crippen MR) is 78.4 cm³/mol. The zero-order valence-electron chi connectivity index (χ0n) is 11.4. The Kier molecular flexibility index (Phi) is 3.95. The standard InChI is InChI=1S/C16H19N3O/c17-10-15(13-5-3-7-18-11-13)19-8-9-20-16-6-2-1-4-14(16)12-19/h1-7,11,15H,8-10,12,17H2. The van der Waals surface area contributed by atoms with Crippen LogP contribution in [0.2, 0.25) is 0 Å². The minimum Gasteiger partial charge on any atom is -0.492 e. The maximum absolute atomic E-state index is 6.00. The van der Waals surface area contributed by atoms with E-state index in [1.807, 2.05) is 30.5 Å². The molecule has 104 valence electrons. The molecule has 0 radical (unpaired) electrons. The largest absolute Gasteiger partial charge is 0.492 e. The number of hydrogen-bond acceptors (Lipinski definition) is 4. The van der Waals surface area contributed by atoms with Crippen LogP contribution < -0.4 is 10.5 Å². The summed E-state index contributed by atoms with van der Waals surface area (Å²) in [6.45, 7) is 2.99. The van der Waals surface area contributed by atoms with Crippen molar-refractivity contribution in [3.8, 4) is 5.75 Å². The van der Waals surface area contributed by atoms with Gasteiger partial charge in [-0.25, -0.2) is 0 Å². The molecular weight excluding hydrogens is 250 g/mol. The minimum atomic E-state index is 0.179. The Hall–Kier alpha value is -1.91. The van der Waals surface area contributed by atoms with E-state index in [0.717, 1.165) is 24.4 Å². The molecule has 0 fully saturated rings. The molecule has 1 unspecified atom stereocenters. The number of ether oxygens (including phenoxy) is 1. The molecule has 4 nitrogen and oxygen atoms in total. The number of benzene rings is 1. The molecule has 1 aliphatic heterocycles. The summed E-state index contributed by atoms with van der Waals surface area (Å²) in [7, 11) is 0. The Morgan fingerprint density at radius 2 is 2.15 bits per heavy atom. The first-order valence-electron chi connectivity index (χ1n) is 6.93. The fraction of sp³-hybridized carbons (Fsp3) is 0.312. The highest BCUT2D eigenvalue weighted by atomic mass is 16.5. The van der Waals surface area contributed by atoms with Gasteiger partial charge in [0.05, 0.1) is 0 Å². The molecule has 0 saturated heterocycles.